The Hall–Kier alpha value is -2.28. The highest BCUT2D eigenvalue weighted by Gasteiger charge is 2.27. The number of carbonyl (C=O) groups excluding carboxylic acids is 2. The largest absolute Gasteiger partial charge is 0.467 e. The van der Waals surface area contributed by atoms with E-state index >= 15 is 0 Å². The molecule has 3 rings (SSSR count). The van der Waals surface area contributed by atoms with Gasteiger partial charge in [0.25, 0.3) is 0 Å². The van der Waals surface area contributed by atoms with Gasteiger partial charge in [-0.3, -0.25) is 10.1 Å². The molecule has 1 saturated heterocycles. The number of carbonyl (C=O) groups is 2. The van der Waals surface area contributed by atoms with Crippen molar-refractivity contribution in [1.82, 2.24) is 10.2 Å². The number of nitrogens with zero attached hydrogens (tertiary/aromatic N) is 1. The Balaban J connectivity index is 1.42. The Morgan fingerprint density at radius 2 is 2.09 bits per heavy atom. The molecule has 6 nitrogen and oxygen atoms in total. The summed E-state index contributed by atoms with van der Waals surface area (Å²) in [7, 11) is 0. The molecule has 0 atom stereocenters. The Bertz CT molecular complexity index is 632. The number of rotatable bonds is 4. The van der Waals surface area contributed by atoms with Gasteiger partial charge in [0.15, 0.2) is 0 Å². The number of hydrogen-bond donors (Lipinski definition) is 2. The van der Waals surface area contributed by atoms with Crippen molar-refractivity contribution in [3.63, 3.8) is 0 Å². The number of nitrogens with one attached hydrogen (secondary N) is 2. The van der Waals surface area contributed by atoms with Crippen molar-refractivity contribution in [3.05, 3.63) is 41.7 Å². The van der Waals surface area contributed by atoms with Gasteiger partial charge in [-0.2, -0.15) is 0 Å². The predicted octanol–water partition coefficient (Wildman–Crippen LogP) is 2.90. The third kappa shape index (κ3) is 4.13. The Morgan fingerprint density at radius 1 is 1.26 bits per heavy atom. The number of likely N-dealkylation sites (tertiary alicyclic amines) is 1. The first-order valence-corrected chi connectivity index (χ1v) is 8.50. The molecule has 2 N–H and O–H groups in total. The Morgan fingerprint density at radius 3 is 2.74 bits per heavy atom. The zero-order valence-corrected chi connectivity index (χ0v) is 13.5. The number of thiophene rings is 1. The fraction of sp³-hybridized carbons (Fsp3) is 0.375. The van der Waals surface area contributed by atoms with Crippen molar-refractivity contribution in [3.8, 4) is 0 Å². The number of hydrogen-bond acceptors (Lipinski definition) is 4. The molecule has 0 radical (unpaired) electrons. The van der Waals surface area contributed by atoms with Crippen molar-refractivity contribution in [2.24, 2.45) is 5.92 Å². The molecule has 0 aromatic carbocycles. The second-order valence-electron chi connectivity index (χ2n) is 5.47. The van der Waals surface area contributed by atoms with Gasteiger partial charge in [-0.1, -0.05) is 0 Å². The number of piperidine rings is 1. The average Bonchev–Trinajstić information content (AvgIpc) is 3.26. The third-order valence-electron chi connectivity index (χ3n) is 3.92. The van der Waals surface area contributed by atoms with E-state index in [0.717, 1.165) is 10.8 Å². The molecule has 0 aliphatic carbocycles. The molecule has 122 valence electrons. The highest BCUT2D eigenvalue weighted by molar-refractivity contribution is 7.14. The molecule has 1 fully saturated rings. The molecule has 0 saturated carbocycles. The number of anilines is 1. The van der Waals surface area contributed by atoms with Crippen molar-refractivity contribution in [2.75, 3.05) is 18.4 Å². The van der Waals surface area contributed by atoms with Crippen LogP contribution in [-0.4, -0.2) is 29.9 Å². The highest BCUT2D eigenvalue weighted by Crippen LogP contribution is 2.20. The second kappa shape index (κ2) is 7.32. The molecule has 23 heavy (non-hydrogen) atoms. The molecule has 2 aromatic heterocycles. The molecule has 2 aromatic rings. The zero-order chi connectivity index (χ0) is 16.1. The van der Waals surface area contributed by atoms with Gasteiger partial charge in [-0.25, -0.2) is 4.79 Å². The Labute approximate surface area is 138 Å². The SMILES string of the molecule is O=C(NCc1ccco1)C1CCN(C(=O)Nc2cccs2)CC1. The molecule has 3 heterocycles. The quantitative estimate of drug-likeness (QED) is 0.903. The molecule has 0 bridgehead atoms. The van der Waals surface area contributed by atoms with Crippen molar-refractivity contribution in [2.45, 2.75) is 19.4 Å². The summed E-state index contributed by atoms with van der Waals surface area (Å²) < 4.78 is 5.19. The van der Waals surface area contributed by atoms with Gasteiger partial charge < -0.3 is 14.6 Å². The summed E-state index contributed by atoms with van der Waals surface area (Å²) in [6, 6.07) is 7.30. The average molecular weight is 333 g/mol. The molecule has 0 spiro atoms. The van der Waals surface area contributed by atoms with Gasteiger partial charge in [0, 0.05) is 19.0 Å². The van der Waals surface area contributed by atoms with Crippen molar-refractivity contribution < 1.29 is 14.0 Å². The minimum atomic E-state index is -0.0955. The summed E-state index contributed by atoms with van der Waals surface area (Å²) in [6.07, 6.45) is 2.95. The van der Waals surface area contributed by atoms with Crippen LogP contribution in [0.1, 0.15) is 18.6 Å². The van der Waals surface area contributed by atoms with Crippen LogP contribution >= 0.6 is 11.3 Å². The normalized spacial score (nSPS) is 15.4. The van der Waals surface area contributed by atoms with Gasteiger partial charge in [0.2, 0.25) is 5.91 Å². The van der Waals surface area contributed by atoms with Crippen LogP contribution in [0.4, 0.5) is 9.80 Å². The van der Waals surface area contributed by atoms with Gasteiger partial charge in [0.05, 0.1) is 17.8 Å². The second-order valence-corrected chi connectivity index (χ2v) is 6.41. The van der Waals surface area contributed by atoms with E-state index in [4.69, 9.17) is 4.42 Å². The van der Waals surface area contributed by atoms with E-state index in [2.05, 4.69) is 10.6 Å². The van der Waals surface area contributed by atoms with Crippen LogP contribution < -0.4 is 10.6 Å². The van der Waals surface area contributed by atoms with Crippen LogP contribution in [0.3, 0.4) is 0 Å². The van der Waals surface area contributed by atoms with Gasteiger partial charge >= 0.3 is 6.03 Å². The van der Waals surface area contributed by atoms with Crippen LogP contribution in [0, 0.1) is 5.92 Å². The first-order valence-electron chi connectivity index (χ1n) is 7.62. The monoisotopic (exact) mass is 333 g/mol. The molecule has 1 aliphatic heterocycles. The van der Waals surface area contributed by atoms with Crippen molar-refractivity contribution >= 4 is 28.3 Å². The van der Waals surface area contributed by atoms with E-state index in [1.54, 1.807) is 17.2 Å². The van der Waals surface area contributed by atoms with E-state index in [9.17, 15) is 9.59 Å². The lowest BCUT2D eigenvalue weighted by atomic mass is 9.96. The van der Waals surface area contributed by atoms with Gasteiger partial charge in [0.1, 0.15) is 5.76 Å². The highest BCUT2D eigenvalue weighted by atomic mass is 32.1. The summed E-state index contributed by atoms with van der Waals surface area (Å²) >= 11 is 1.49. The summed E-state index contributed by atoms with van der Waals surface area (Å²) in [6.45, 7) is 1.59. The first kappa shape index (κ1) is 15.6. The van der Waals surface area contributed by atoms with E-state index in [1.165, 1.54) is 11.3 Å². The zero-order valence-electron chi connectivity index (χ0n) is 12.7. The summed E-state index contributed by atoms with van der Waals surface area (Å²) in [5, 5.41) is 8.52. The lowest BCUT2D eigenvalue weighted by Gasteiger charge is -2.31. The predicted molar refractivity (Wildman–Crippen MR) is 88.2 cm³/mol. The van der Waals surface area contributed by atoms with Crippen LogP contribution in [0.15, 0.2) is 40.3 Å². The molecule has 3 amide bonds. The van der Waals surface area contributed by atoms with Crippen LogP contribution in [0.5, 0.6) is 0 Å². The minimum absolute atomic E-state index is 0.0275. The topological polar surface area (TPSA) is 74.6 Å². The minimum Gasteiger partial charge on any atom is -0.467 e. The standard InChI is InChI=1S/C16H19N3O3S/c20-15(17-11-13-3-1-9-22-13)12-5-7-19(8-6-12)16(21)18-14-4-2-10-23-14/h1-4,9-10,12H,5-8,11H2,(H,17,20)(H,18,21). The fourth-order valence-electron chi connectivity index (χ4n) is 2.61. The lowest BCUT2D eigenvalue weighted by Crippen LogP contribution is -2.44. The van der Waals surface area contributed by atoms with E-state index in [0.29, 0.717) is 32.5 Å². The molecule has 0 unspecified atom stereocenters. The number of amides is 3. The lowest BCUT2D eigenvalue weighted by molar-refractivity contribution is -0.126. The maximum atomic E-state index is 12.2. The summed E-state index contributed by atoms with van der Waals surface area (Å²) in [5.74, 6) is 0.724. The maximum absolute atomic E-state index is 12.2. The van der Waals surface area contributed by atoms with Crippen molar-refractivity contribution in [1.29, 1.82) is 0 Å². The molecular weight excluding hydrogens is 314 g/mol. The Kier molecular flexibility index (Phi) is 4.97. The molecule has 7 heteroatoms. The van der Waals surface area contributed by atoms with Gasteiger partial charge in [-0.05, 0) is 42.5 Å². The molecule has 1 aliphatic rings. The van der Waals surface area contributed by atoms with E-state index in [1.807, 2.05) is 23.6 Å². The smallest absolute Gasteiger partial charge is 0.322 e. The third-order valence-corrected chi connectivity index (χ3v) is 4.71. The van der Waals surface area contributed by atoms with Crippen LogP contribution in [-0.2, 0) is 11.3 Å². The first-order chi connectivity index (χ1) is 11.2. The number of urea groups is 1. The van der Waals surface area contributed by atoms with E-state index < -0.39 is 0 Å². The summed E-state index contributed by atoms with van der Waals surface area (Å²) in [5.41, 5.74) is 0. The summed E-state index contributed by atoms with van der Waals surface area (Å²) in [4.78, 5) is 26.0. The maximum Gasteiger partial charge on any atom is 0.322 e. The van der Waals surface area contributed by atoms with Gasteiger partial charge in [-0.15, -0.1) is 11.3 Å². The van der Waals surface area contributed by atoms with E-state index in [-0.39, 0.29) is 17.9 Å². The number of furan rings is 1. The van der Waals surface area contributed by atoms with Crippen LogP contribution in [0.2, 0.25) is 0 Å². The fourth-order valence-corrected chi connectivity index (χ4v) is 3.22. The van der Waals surface area contributed by atoms with Crippen LogP contribution in [0.25, 0.3) is 0 Å². The molecular formula is C16H19N3O3S.